The summed E-state index contributed by atoms with van der Waals surface area (Å²) in [5.74, 6) is 0.861. The van der Waals surface area contributed by atoms with E-state index in [0.717, 1.165) is 52.1 Å². The molecule has 0 aromatic carbocycles. The summed E-state index contributed by atoms with van der Waals surface area (Å²) in [6.07, 6.45) is 6.48. The topological polar surface area (TPSA) is 58.8 Å². The zero-order valence-corrected chi connectivity index (χ0v) is 13.4. The van der Waals surface area contributed by atoms with E-state index in [9.17, 15) is 4.79 Å². The molecule has 2 aliphatic heterocycles. The van der Waals surface area contributed by atoms with Gasteiger partial charge in [-0.05, 0) is 45.1 Å². The molecule has 0 saturated carbocycles. The Hall–Kier alpha value is -0.650. The van der Waals surface area contributed by atoms with Crippen LogP contribution in [-0.2, 0) is 9.53 Å². The van der Waals surface area contributed by atoms with E-state index in [1.165, 1.54) is 12.8 Å². The molecule has 1 amide bonds. The maximum atomic E-state index is 12.4. The first-order chi connectivity index (χ1) is 10.2. The number of likely N-dealkylation sites (tertiary alicyclic amines) is 1. The van der Waals surface area contributed by atoms with Gasteiger partial charge in [0.1, 0.15) is 0 Å². The lowest BCUT2D eigenvalue weighted by Gasteiger charge is -2.34. The second kappa shape index (κ2) is 8.71. The zero-order valence-electron chi connectivity index (χ0n) is 13.4. The summed E-state index contributed by atoms with van der Waals surface area (Å²) >= 11 is 0. The predicted molar refractivity (Wildman–Crippen MR) is 84.1 cm³/mol. The fourth-order valence-electron chi connectivity index (χ4n) is 3.40. The average molecular weight is 297 g/mol. The maximum Gasteiger partial charge on any atom is 0.224 e. The van der Waals surface area contributed by atoms with Gasteiger partial charge in [-0.15, -0.1) is 0 Å². The standard InChI is InChI=1S/C16H31N3O2/c1-18(12-14-6-5-9-21-13-14)15(11-17)10-16(20)19-7-3-2-4-8-19/h14-15H,2-13,17H2,1H3. The van der Waals surface area contributed by atoms with E-state index in [1.807, 2.05) is 4.90 Å². The molecule has 0 bridgehead atoms. The van der Waals surface area contributed by atoms with E-state index in [1.54, 1.807) is 0 Å². The maximum absolute atomic E-state index is 12.4. The van der Waals surface area contributed by atoms with Crippen LogP contribution in [0.15, 0.2) is 0 Å². The Balaban J connectivity index is 1.78. The quantitative estimate of drug-likeness (QED) is 0.797. The number of hydrogen-bond acceptors (Lipinski definition) is 4. The molecule has 2 fully saturated rings. The summed E-state index contributed by atoms with van der Waals surface area (Å²) in [6, 6.07) is 0.154. The van der Waals surface area contributed by atoms with E-state index in [0.29, 0.717) is 18.9 Å². The molecule has 2 aliphatic rings. The van der Waals surface area contributed by atoms with Crippen LogP contribution in [0.2, 0.25) is 0 Å². The lowest BCUT2D eigenvalue weighted by atomic mass is 10.0. The van der Waals surface area contributed by atoms with Crippen molar-refractivity contribution >= 4 is 5.91 Å². The van der Waals surface area contributed by atoms with Gasteiger partial charge in [0.25, 0.3) is 0 Å². The third-order valence-corrected chi connectivity index (χ3v) is 4.82. The number of carbonyl (C=O) groups is 1. The summed E-state index contributed by atoms with van der Waals surface area (Å²) in [7, 11) is 2.09. The second-order valence-corrected chi connectivity index (χ2v) is 6.56. The van der Waals surface area contributed by atoms with Crippen LogP contribution in [0.25, 0.3) is 0 Å². The lowest BCUT2D eigenvalue weighted by Crippen LogP contribution is -2.46. The van der Waals surface area contributed by atoms with Gasteiger partial charge in [-0.25, -0.2) is 0 Å². The molecule has 122 valence electrons. The predicted octanol–water partition coefficient (Wildman–Crippen LogP) is 1.07. The highest BCUT2D eigenvalue weighted by atomic mass is 16.5. The second-order valence-electron chi connectivity index (χ2n) is 6.56. The molecule has 0 aromatic heterocycles. The van der Waals surface area contributed by atoms with Crippen LogP contribution in [0.5, 0.6) is 0 Å². The van der Waals surface area contributed by atoms with Crippen LogP contribution in [0, 0.1) is 5.92 Å². The van der Waals surface area contributed by atoms with Gasteiger partial charge in [-0.2, -0.15) is 0 Å². The SMILES string of the molecule is CN(CC1CCCOC1)C(CN)CC(=O)N1CCCCC1. The van der Waals surface area contributed by atoms with Crippen LogP contribution in [0.1, 0.15) is 38.5 Å². The first kappa shape index (κ1) is 16.7. The number of hydrogen-bond donors (Lipinski definition) is 1. The number of piperidine rings is 1. The highest BCUT2D eigenvalue weighted by Crippen LogP contribution is 2.17. The van der Waals surface area contributed by atoms with Crippen LogP contribution in [0.3, 0.4) is 0 Å². The number of ether oxygens (including phenoxy) is 1. The summed E-state index contributed by atoms with van der Waals surface area (Å²) in [5.41, 5.74) is 5.91. The minimum Gasteiger partial charge on any atom is -0.381 e. The average Bonchev–Trinajstić information content (AvgIpc) is 2.54. The van der Waals surface area contributed by atoms with Crippen LogP contribution in [0.4, 0.5) is 0 Å². The number of amides is 1. The van der Waals surface area contributed by atoms with Gasteiger partial charge < -0.3 is 20.3 Å². The highest BCUT2D eigenvalue weighted by Gasteiger charge is 2.24. The van der Waals surface area contributed by atoms with Gasteiger partial charge in [0.2, 0.25) is 5.91 Å². The third-order valence-electron chi connectivity index (χ3n) is 4.82. The van der Waals surface area contributed by atoms with E-state index in [4.69, 9.17) is 10.5 Å². The molecule has 2 heterocycles. The van der Waals surface area contributed by atoms with E-state index in [2.05, 4.69) is 11.9 Å². The molecule has 21 heavy (non-hydrogen) atoms. The van der Waals surface area contributed by atoms with Gasteiger partial charge in [-0.3, -0.25) is 4.79 Å². The Kier molecular flexibility index (Phi) is 6.93. The highest BCUT2D eigenvalue weighted by molar-refractivity contribution is 5.76. The largest absolute Gasteiger partial charge is 0.381 e. The van der Waals surface area contributed by atoms with Gasteiger partial charge in [0.15, 0.2) is 0 Å². The van der Waals surface area contributed by atoms with Crippen molar-refractivity contribution in [3.8, 4) is 0 Å². The normalized spacial score (nSPS) is 25.1. The molecular weight excluding hydrogens is 266 g/mol. The van der Waals surface area contributed by atoms with Crippen LogP contribution in [-0.4, -0.2) is 68.2 Å². The van der Waals surface area contributed by atoms with Gasteiger partial charge in [0, 0.05) is 45.2 Å². The Morgan fingerprint density at radius 2 is 2.10 bits per heavy atom. The van der Waals surface area contributed by atoms with Crippen molar-refractivity contribution in [2.45, 2.75) is 44.6 Å². The van der Waals surface area contributed by atoms with Crippen molar-refractivity contribution in [3.63, 3.8) is 0 Å². The minimum atomic E-state index is 0.154. The monoisotopic (exact) mass is 297 g/mol. The molecule has 2 atom stereocenters. The Labute approximate surface area is 128 Å². The molecule has 2 saturated heterocycles. The fourth-order valence-corrected chi connectivity index (χ4v) is 3.40. The van der Waals surface area contributed by atoms with Gasteiger partial charge in [-0.1, -0.05) is 0 Å². The summed E-state index contributed by atoms with van der Waals surface area (Å²) in [5, 5.41) is 0. The molecule has 0 aromatic rings. The molecular formula is C16H31N3O2. The third kappa shape index (κ3) is 5.24. The molecule has 5 heteroatoms. The van der Waals surface area contributed by atoms with Gasteiger partial charge in [0.05, 0.1) is 6.61 Å². The van der Waals surface area contributed by atoms with Crippen molar-refractivity contribution in [3.05, 3.63) is 0 Å². The van der Waals surface area contributed by atoms with Crippen molar-refractivity contribution in [1.82, 2.24) is 9.80 Å². The van der Waals surface area contributed by atoms with Crippen molar-refractivity contribution in [2.24, 2.45) is 11.7 Å². The molecule has 0 aliphatic carbocycles. The minimum absolute atomic E-state index is 0.154. The molecule has 2 N–H and O–H groups in total. The fraction of sp³-hybridized carbons (Fsp3) is 0.938. The Bertz CT molecular complexity index is 313. The van der Waals surface area contributed by atoms with Crippen LogP contribution < -0.4 is 5.73 Å². The summed E-state index contributed by atoms with van der Waals surface area (Å²) in [4.78, 5) is 16.7. The number of carbonyl (C=O) groups excluding carboxylic acids is 1. The Morgan fingerprint density at radius 1 is 1.33 bits per heavy atom. The smallest absolute Gasteiger partial charge is 0.224 e. The Morgan fingerprint density at radius 3 is 2.71 bits per heavy atom. The number of nitrogens with zero attached hydrogens (tertiary/aromatic N) is 2. The van der Waals surface area contributed by atoms with Crippen molar-refractivity contribution in [2.75, 3.05) is 46.4 Å². The van der Waals surface area contributed by atoms with Gasteiger partial charge >= 0.3 is 0 Å². The van der Waals surface area contributed by atoms with Crippen LogP contribution >= 0.6 is 0 Å². The molecule has 0 spiro atoms. The number of likely N-dealkylation sites (N-methyl/N-ethyl adjacent to an activating group) is 1. The number of rotatable bonds is 6. The number of nitrogens with two attached hydrogens (primary N) is 1. The van der Waals surface area contributed by atoms with E-state index >= 15 is 0 Å². The zero-order chi connectivity index (χ0) is 15.1. The first-order valence-corrected chi connectivity index (χ1v) is 8.46. The van der Waals surface area contributed by atoms with E-state index in [-0.39, 0.29) is 11.9 Å². The molecule has 2 rings (SSSR count). The lowest BCUT2D eigenvalue weighted by molar-refractivity contribution is -0.133. The first-order valence-electron chi connectivity index (χ1n) is 8.46. The summed E-state index contributed by atoms with van der Waals surface area (Å²) < 4.78 is 5.54. The van der Waals surface area contributed by atoms with Crippen molar-refractivity contribution < 1.29 is 9.53 Å². The molecule has 5 nitrogen and oxygen atoms in total. The molecule has 0 radical (unpaired) electrons. The molecule has 2 unspecified atom stereocenters. The van der Waals surface area contributed by atoms with E-state index < -0.39 is 0 Å². The van der Waals surface area contributed by atoms with Crippen molar-refractivity contribution in [1.29, 1.82) is 0 Å². The summed E-state index contributed by atoms with van der Waals surface area (Å²) in [6.45, 7) is 5.13.